The van der Waals surface area contributed by atoms with E-state index in [1.54, 1.807) is 34.9 Å². The second kappa shape index (κ2) is 4.73. The van der Waals surface area contributed by atoms with Crippen LogP contribution >= 0.6 is 0 Å². The molecular weight excluding hydrogens is 261 g/mol. The molecule has 0 saturated heterocycles. The van der Waals surface area contributed by atoms with E-state index in [1.807, 2.05) is 0 Å². The number of pyridine rings is 1. The first kappa shape index (κ1) is 12.3. The number of hydrogen-bond acceptors (Lipinski definition) is 4. The summed E-state index contributed by atoms with van der Waals surface area (Å²) in [5.74, 6) is -0.266. The van der Waals surface area contributed by atoms with Gasteiger partial charge in [0.15, 0.2) is 11.5 Å². The topological polar surface area (TPSA) is 56.5 Å². The lowest BCUT2D eigenvalue weighted by molar-refractivity contribution is 0.0602. The van der Waals surface area contributed by atoms with Crippen molar-refractivity contribution in [3.05, 3.63) is 54.0 Å². The predicted octanol–water partition coefficient (Wildman–Crippen LogP) is 2.32. The van der Waals surface area contributed by atoms with Crippen molar-refractivity contribution in [3.8, 4) is 11.4 Å². The molecule has 0 aliphatic carbocycles. The van der Waals surface area contributed by atoms with Crippen LogP contribution in [0.2, 0.25) is 0 Å². The number of rotatable bonds is 2. The number of benzene rings is 1. The van der Waals surface area contributed by atoms with Gasteiger partial charge in [0.25, 0.3) is 0 Å². The molecule has 6 heteroatoms. The molecule has 2 aromatic heterocycles. The fraction of sp³-hybridized carbons (Fsp3) is 0.0714. The first-order chi connectivity index (χ1) is 9.70. The highest BCUT2D eigenvalue weighted by Crippen LogP contribution is 2.20. The summed E-state index contributed by atoms with van der Waals surface area (Å²) in [6.45, 7) is 0. The molecule has 0 unspecified atom stereocenters. The number of hydrogen-bond donors (Lipinski definition) is 0. The first-order valence-electron chi connectivity index (χ1n) is 5.88. The van der Waals surface area contributed by atoms with Gasteiger partial charge in [0.2, 0.25) is 0 Å². The molecule has 100 valence electrons. The molecule has 0 radical (unpaired) electrons. The number of nitrogens with zero attached hydrogens (tertiary/aromatic N) is 3. The first-order valence-corrected chi connectivity index (χ1v) is 5.88. The van der Waals surface area contributed by atoms with Crippen LogP contribution in [0.5, 0.6) is 0 Å². The van der Waals surface area contributed by atoms with Crippen LogP contribution in [0.15, 0.2) is 42.6 Å². The van der Waals surface area contributed by atoms with E-state index in [-0.39, 0.29) is 5.82 Å². The van der Waals surface area contributed by atoms with Crippen molar-refractivity contribution < 1.29 is 13.9 Å². The Morgan fingerprint density at radius 3 is 2.65 bits per heavy atom. The van der Waals surface area contributed by atoms with E-state index in [1.165, 1.54) is 19.2 Å². The maximum Gasteiger partial charge on any atom is 0.341 e. The highest BCUT2D eigenvalue weighted by atomic mass is 19.1. The van der Waals surface area contributed by atoms with Crippen LogP contribution in [0.4, 0.5) is 4.39 Å². The molecule has 0 bridgehead atoms. The average Bonchev–Trinajstić information content (AvgIpc) is 2.91. The largest absolute Gasteiger partial charge is 0.465 e. The second-order valence-corrected chi connectivity index (χ2v) is 4.14. The summed E-state index contributed by atoms with van der Waals surface area (Å²) in [5, 5.41) is 8.06. The van der Waals surface area contributed by atoms with Gasteiger partial charge in [-0.25, -0.2) is 9.18 Å². The van der Waals surface area contributed by atoms with Gasteiger partial charge in [-0.05, 0) is 36.4 Å². The fourth-order valence-corrected chi connectivity index (χ4v) is 1.98. The standard InChI is InChI=1S/C14H10FN3O2/c1-20-14(19)11-3-2-8-18-12(16-17-13(11)18)9-4-6-10(15)7-5-9/h2-8H,1H3. The summed E-state index contributed by atoms with van der Waals surface area (Å²) in [5.41, 5.74) is 1.44. The molecule has 0 saturated carbocycles. The van der Waals surface area contributed by atoms with Crippen molar-refractivity contribution in [2.75, 3.05) is 7.11 Å². The van der Waals surface area contributed by atoms with Crippen LogP contribution in [0.1, 0.15) is 10.4 Å². The van der Waals surface area contributed by atoms with Gasteiger partial charge in [0.1, 0.15) is 11.4 Å². The van der Waals surface area contributed by atoms with E-state index in [0.29, 0.717) is 22.6 Å². The van der Waals surface area contributed by atoms with Crippen LogP contribution in [-0.2, 0) is 4.74 Å². The monoisotopic (exact) mass is 271 g/mol. The van der Waals surface area contributed by atoms with Crippen molar-refractivity contribution in [2.45, 2.75) is 0 Å². The van der Waals surface area contributed by atoms with Crippen molar-refractivity contribution in [2.24, 2.45) is 0 Å². The minimum absolute atomic E-state index is 0.321. The van der Waals surface area contributed by atoms with Crippen LogP contribution in [0.3, 0.4) is 0 Å². The van der Waals surface area contributed by atoms with Crippen LogP contribution in [0.25, 0.3) is 17.0 Å². The van der Waals surface area contributed by atoms with E-state index in [2.05, 4.69) is 10.2 Å². The lowest BCUT2D eigenvalue weighted by atomic mass is 10.2. The molecule has 20 heavy (non-hydrogen) atoms. The van der Waals surface area contributed by atoms with Gasteiger partial charge in [-0.1, -0.05) is 0 Å². The maximum absolute atomic E-state index is 13.0. The normalized spacial score (nSPS) is 10.7. The molecule has 2 heterocycles. The average molecular weight is 271 g/mol. The van der Waals surface area contributed by atoms with E-state index in [0.717, 1.165) is 0 Å². The Morgan fingerprint density at radius 1 is 1.20 bits per heavy atom. The molecule has 0 amide bonds. The molecular formula is C14H10FN3O2. The number of carbonyl (C=O) groups excluding carboxylic acids is 1. The number of halogens is 1. The van der Waals surface area contributed by atoms with Gasteiger partial charge in [-0.2, -0.15) is 0 Å². The number of carbonyl (C=O) groups is 1. The van der Waals surface area contributed by atoms with E-state index >= 15 is 0 Å². The van der Waals surface area contributed by atoms with Crippen molar-refractivity contribution >= 4 is 11.6 Å². The Hall–Kier alpha value is -2.76. The Kier molecular flexibility index (Phi) is 2.90. The molecule has 0 N–H and O–H groups in total. The number of ether oxygens (including phenoxy) is 1. The summed E-state index contributed by atoms with van der Waals surface area (Å²) in [6.07, 6.45) is 1.74. The lowest BCUT2D eigenvalue weighted by Gasteiger charge is -2.02. The third-order valence-corrected chi connectivity index (χ3v) is 2.94. The third kappa shape index (κ3) is 1.91. The number of fused-ring (bicyclic) bond motifs is 1. The van der Waals surface area contributed by atoms with Gasteiger partial charge in [0, 0.05) is 11.8 Å². The molecule has 0 fully saturated rings. The molecule has 0 aliphatic rings. The van der Waals surface area contributed by atoms with E-state index < -0.39 is 5.97 Å². The lowest BCUT2D eigenvalue weighted by Crippen LogP contribution is -2.04. The van der Waals surface area contributed by atoms with Gasteiger partial charge in [-0.3, -0.25) is 4.40 Å². The Balaban J connectivity index is 2.19. The maximum atomic E-state index is 13.0. The Morgan fingerprint density at radius 2 is 1.95 bits per heavy atom. The minimum atomic E-state index is -0.478. The smallest absolute Gasteiger partial charge is 0.341 e. The van der Waals surface area contributed by atoms with Gasteiger partial charge < -0.3 is 4.74 Å². The summed E-state index contributed by atoms with van der Waals surface area (Å²) in [7, 11) is 1.31. The molecule has 0 aliphatic heterocycles. The highest BCUT2D eigenvalue weighted by molar-refractivity contribution is 5.95. The van der Waals surface area contributed by atoms with Crippen molar-refractivity contribution in [1.82, 2.24) is 14.6 Å². The van der Waals surface area contributed by atoms with Gasteiger partial charge in [0.05, 0.1) is 7.11 Å². The molecule has 3 aromatic rings. The molecule has 0 atom stereocenters. The Bertz CT molecular complexity index is 781. The van der Waals surface area contributed by atoms with E-state index in [9.17, 15) is 9.18 Å². The zero-order chi connectivity index (χ0) is 14.1. The molecule has 1 aromatic carbocycles. The minimum Gasteiger partial charge on any atom is -0.465 e. The van der Waals surface area contributed by atoms with Crippen molar-refractivity contribution in [3.63, 3.8) is 0 Å². The van der Waals surface area contributed by atoms with E-state index in [4.69, 9.17) is 4.74 Å². The summed E-state index contributed by atoms with van der Waals surface area (Å²) in [6, 6.07) is 9.23. The second-order valence-electron chi connectivity index (χ2n) is 4.14. The van der Waals surface area contributed by atoms with Gasteiger partial charge in [-0.15, -0.1) is 10.2 Å². The SMILES string of the molecule is COC(=O)c1cccn2c(-c3ccc(F)cc3)nnc12. The number of esters is 1. The van der Waals surface area contributed by atoms with Crippen LogP contribution in [0, 0.1) is 5.82 Å². The van der Waals surface area contributed by atoms with Crippen LogP contribution < -0.4 is 0 Å². The summed E-state index contributed by atoms with van der Waals surface area (Å²) in [4.78, 5) is 11.7. The fourth-order valence-electron chi connectivity index (χ4n) is 1.98. The third-order valence-electron chi connectivity index (χ3n) is 2.94. The zero-order valence-electron chi connectivity index (χ0n) is 10.6. The highest BCUT2D eigenvalue weighted by Gasteiger charge is 2.15. The predicted molar refractivity (Wildman–Crippen MR) is 69.7 cm³/mol. The molecule has 5 nitrogen and oxygen atoms in total. The quantitative estimate of drug-likeness (QED) is 0.671. The van der Waals surface area contributed by atoms with Gasteiger partial charge >= 0.3 is 5.97 Å². The molecule has 0 spiro atoms. The zero-order valence-corrected chi connectivity index (χ0v) is 10.6. The number of aromatic nitrogens is 3. The summed E-state index contributed by atoms with van der Waals surface area (Å²) < 4.78 is 19.3. The van der Waals surface area contributed by atoms with Crippen LogP contribution in [-0.4, -0.2) is 27.7 Å². The van der Waals surface area contributed by atoms with Crippen molar-refractivity contribution in [1.29, 1.82) is 0 Å². The number of methoxy groups -OCH3 is 1. The summed E-state index contributed by atoms with van der Waals surface area (Å²) >= 11 is 0. The Labute approximate surface area is 113 Å². The molecule has 3 rings (SSSR count).